The summed E-state index contributed by atoms with van der Waals surface area (Å²) >= 11 is 6.00. The predicted molar refractivity (Wildman–Crippen MR) is 74.0 cm³/mol. The second-order valence-corrected chi connectivity index (χ2v) is 4.63. The van der Waals surface area contributed by atoms with Crippen LogP contribution in [0.5, 0.6) is 0 Å². The smallest absolute Gasteiger partial charge is 0.123 e. The van der Waals surface area contributed by atoms with Crippen LogP contribution in [0.4, 0.5) is 0 Å². The molecule has 0 bridgehead atoms. The molecule has 0 radical (unpaired) electrons. The highest BCUT2D eigenvalue weighted by Gasteiger charge is 2.10. The lowest BCUT2D eigenvalue weighted by atomic mass is 10.3. The lowest BCUT2D eigenvalue weighted by molar-refractivity contribution is 0.190. The number of halogens is 1. The van der Waals surface area contributed by atoms with Gasteiger partial charge in [-0.25, -0.2) is 4.98 Å². The predicted octanol–water partition coefficient (Wildman–Crippen LogP) is 2.45. The van der Waals surface area contributed by atoms with Crippen LogP contribution in [0.3, 0.4) is 0 Å². The number of benzene rings is 1. The number of aromatic nitrogens is 2. The lowest BCUT2D eigenvalue weighted by Crippen LogP contribution is -2.13. The van der Waals surface area contributed by atoms with Crippen molar-refractivity contribution in [1.82, 2.24) is 14.9 Å². The van der Waals surface area contributed by atoms with Crippen LogP contribution in [0.25, 0.3) is 11.0 Å². The summed E-state index contributed by atoms with van der Waals surface area (Å²) in [6.45, 7) is 2.41. The molecule has 1 heterocycles. The number of rotatable bonds is 6. The number of imidazole rings is 1. The molecule has 0 saturated heterocycles. The van der Waals surface area contributed by atoms with Crippen LogP contribution in [-0.2, 0) is 17.8 Å². The first-order valence-corrected chi connectivity index (χ1v) is 6.42. The van der Waals surface area contributed by atoms with Gasteiger partial charge in [-0.3, -0.25) is 0 Å². The molecule has 0 aliphatic heterocycles. The van der Waals surface area contributed by atoms with E-state index in [0.29, 0.717) is 0 Å². The average molecular weight is 268 g/mol. The summed E-state index contributed by atoms with van der Waals surface area (Å²) in [6, 6.07) is 5.83. The molecule has 0 atom stereocenters. The van der Waals surface area contributed by atoms with Gasteiger partial charge in [0.1, 0.15) is 5.82 Å². The van der Waals surface area contributed by atoms with Gasteiger partial charge in [-0.1, -0.05) is 11.6 Å². The maximum atomic E-state index is 6.00. The average Bonchev–Trinajstić information content (AvgIpc) is 2.67. The van der Waals surface area contributed by atoms with E-state index in [1.807, 2.05) is 25.2 Å². The van der Waals surface area contributed by atoms with E-state index in [1.165, 1.54) is 0 Å². The molecular formula is C13H18ClN3O. The Morgan fingerprint density at radius 1 is 1.44 bits per heavy atom. The monoisotopic (exact) mass is 267 g/mol. The normalized spacial score (nSPS) is 11.3. The van der Waals surface area contributed by atoms with Gasteiger partial charge in [0, 0.05) is 25.3 Å². The van der Waals surface area contributed by atoms with E-state index < -0.39 is 0 Å². The number of hydrogen-bond donors (Lipinski definition) is 1. The Bertz CT molecular complexity index is 524. The number of hydrogen-bond acceptors (Lipinski definition) is 3. The van der Waals surface area contributed by atoms with E-state index in [1.54, 1.807) is 7.11 Å². The Kier molecular flexibility index (Phi) is 4.58. The molecule has 0 unspecified atom stereocenters. The second-order valence-electron chi connectivity index (χ2n) is 4.19. The molecular weight excluding hydrogens is 250 g/mol. The van der Waals surface area contributed by atoms with Gasteiger partial charge in [-0.2, -0.15) is 0 Å². The second kappa shape index (κ2) is 6.18. The van der Waals surface area contributed by atoms with E-state index in [0.717, 1.165) is 48.0 Å². The zero-order valence-electron chi connectivity index (χ0n) is 10.7. The van der Waals surface area contributed by atoms with E-state index in [9.17, 15) is 0 Å². The Morgan fingerprint density at radius 2 is 2.28 bits per heavy atom. The molecule has 18 heavy (non-hydrogen) atoms. The summed E-state index contributed by atoms with van der Waals surface area (Å²) in [5.74, 6) is 1.03. The van der Waals surface area contributed by atoms with E-state index in [4.69, 9.17) is 16.3 Å². The quantitative estimate of drug-likeness (QED) is 0.817. The van der Waals surface area contributed by atoms with Gasteiger partial charge in [-0.05, 0) is 31.7 Å². The third-order valence-corrected chi connectivity index (χ3v) is 3.09. The number of nitrogens with zero attached hydrogens (tertiary/aromatic N) is 2. The standard InChI is InChI=1S/C13H18ClN3O/c1-15-9-13-16-11-8-10(14)4-5-12(11)17(13)6-3-7-18-2/h4-5,8,15H,3,6-7,9H2,1-2H3. The van der Waals surface area contributed by atoms with Gasteiger partial charge in [0.2, 0.25) is 0 Å². The largest absolute Gasteiger partial charge is 0.385 e. The topological polar surface area (TPSA) is 39.1 Å². The molecule has 0 spiro atoms. The van der Waals surface area contributed by atoms with Crippen molar-refractivity contribution in [3.8, 4) is 0 Å². The SMILES string of the molecule is CNCc1nc2cc(Cl)ccc2n1CCCOC. The van der Waals surface area contributed by atoms with Crippen LogP contribution in [0.1, 0.15) is 12.2 Å². The van der Waals surface area contributed by atoms with E-state index in [2.05, 4.69) is 14.9 Å². The minimum Gasteiger partial charge on any atom is -0.385 e. The summed E-state index contributed by atoms with van der Waals surface area (Å²) in [6.07, 6.45) is 0.974. The van der Waals surface area contributed by atoms with Gasteiger partial charge in [-0.15, -0.1) is 0 Å². The first-order valence-electron chi connectivity index (χ1n) is 6.04. The van der Waals surface area contributed by atoms with Crippen molar-refractivity contribution in [3.05, 3.63) is 29.0 Å². The molecule has 2 rings (SSSR count). The van der Waals surface area contributed by atoms with Crippen LogP contribution in [0.2, 0.25) is 5.02 Å². The maximum absolute atomic E-state index is 6.00. The Balaban J connectivity index is 2.35. The molecule has 0 aliphatic rings. The van der Waals surface area contributed by atoms with Crippen molar-refractivity contribution in [2.24, 2.45) is 0 Å². The van der Waals surface area contributed by atoms with Crippen molar-refractivity contribution >= 4 is 22.6 Å². The summed E-state index contributed by atoms with van der Waals surface area (Å²) < 4.78 is 7.32. The number of aryl methyl sites for hydroxylation is 1. The highest BCUT2D eigenvalue weighted by atomic mass is 35.5. The fraction of sp³-hybridized carbons (Fsp3) is 0.462. The molecule has 0 amide bonds. The van der Waals surface area contributed by atoms with Crippen LogP contribution in [0.15, 0.2) is 18.2 Å². The zero-order chi connectivity index (χ0) is 13.0. The Hall–Kier alpha value is -1.10. The number of methoxy groups -OCH3 is 1. The Morgan fingerprint density at radius 3 is 3.00 bits per heavy atom. The lowest BCUT2D eigenvalue weighted by Gasteiger charge is -2.08. The highest BCUT2D eigenvalue weighted by Crippen LogP contribution is 2.21. The van der Waals surface area contributed by atoms with Crippen LogP contribution in [-0.4, -0.2) is 30.3 Å². The van der Waals surface area contributed by atoms with Crippen molar-refractivity contribution in [3.63, 3.8) is 0 Å². The number of fused-ring (bicyclic) bond motifs is 1. The fourth-order valence-corrected chi connectivity index (χ4v) is 2.23. The fourth-order valence-electron chi connectivity index (χ4n) is 2.06. The van der Waals surface area contributed by atoms with Gasteiger partial charge < -0.3 is 14.6 Å². The molecule has 0 aliphatic carbocycles. The van der Waals surface area contributed by atoms with Gasteiger partial charge in [0.05, 0.1) is 17.6 Å². The molecule has 1 N–H and O–H groups in total. The van der Waals surface area contributed by atoms with Crippen LogP contribution in [0, 0.1) is 0 Å². The van der Waals surface area contributed by atoms with Crippen molar-refractivity contribution in [2.45, 2.75) is 19.5 Å². The van der Waals surface area contributed by atoms with Gasteiger partial charge in [0.25, 0.3) is 0 Å². The summed E-state index contributed by atoms with van der Waals surface area (Å²) in [7, 11) is 3.64. The number of ether oxygens (including phenoxy) is 1. The van der Waals surface area contributed by atoms with E-state index in [-0.39, 0.29) is 0 Å². The summed E-state index contributed by atoms with van der Waals surface area (Å²) in [4.78, 5) is 4.62. The first-order chi connectivity index (χ1) is 8.76. The zero-order valence-corrected chi connectivity index (χ0v) is 11.5. The molecule has 2 aromatic rings. The first kappa shape index (κ1) is 13.3. The molecule has 1 aromatic carbocycles. The third kappa shape index (κ3) is 2.83. The molecule has 0 saturated carbocycles. The van der Waals surface area contributed by atoms with Crippen LogP contribution < -0.4 is 5.32 Å². The molecule has 98 valence electrons. The third-order valence-electron chi connectivity index (χ3n) is 2.85. The van der Waals surface area contributed by atoms with Crippen molar-refractivity contribution < 1.29 is 4.74 Å². The van der Waals surface area contributed by atoms with Gasteiger partial charge >= 0.3 is 0 Å². The molecule has 5 heteroatoms. The van der Waals surface area contributed by atoms with Crippen LogP contribution >= 0.6 is 11.6 Å². The molecule has 4 nitrogen and oxygen atoms in total. The van der Waals surface area contributed by atoms with Crippen molar-refractivity contribution in [2.75, 3.05) is 20.8 Å². The minimum atomic E-state index is 0.722. The summed E-state index contributed by atoms with van der Waals surface area (Å²) in [5.41, 5.74) is 2.07. The van der Waals surface area contributed by atoms with E-state index >= 15 is 0 Å². The minimum absolute atomic E-state index is 0.722. The number of nitrogens with one attached hydrogen (secondary N) is 1. The molecule has 0 fully saturated rings. The highest BCUT2D eigenvalue weighted by molar-refractivity contribution is 6.31. The maximum Gasteiger partial charge on any atom is 0.123 e. The molecule has 1 aromatic heterocycles. The Labute approximate surface area is 112 Å². The van der Waals surface area contributed by atoms with Crippen molar-refractivity contribution in [1.29, 1.82) is 0 Å². The summed E-state index contributed by atoms with van der Waals surface area (Å²) in [5, 5.41) is 3.87. The van der Waals surface area contributed by atoms with Gasteiger partial charge in [0.15, 0.2) is 0 Å².